The van der Waals surface area contributed by atoms with Crippen molar-refractivity contribution in [2.75, 3.05) is 19.0 Å². The monoisotopic (exact) mass is 603 g/mol. The molecular weight excluding hydrogens is 573 g/mol. The number of fused-ring (bicyclic) bond motifs is 8. The van der Waals surface area contributed by atoms with Crippen molar-refractivity contribution in [3.63, 3.8) is 0 Å². The van der Waals surface area contributed by atoms with Gasteiger partial charge in [0.05, 0.1) is 27.6 Å². The normalized spacial score (nSPS) is 16.7. The Balaban J connectivity index is 1.52. The van der Waals surface area contributed by atoms with E-state index in [1.165, 1.54) is 20.9 Å². The van der Waals surface area contributed by atoms with Gasteiger partial charge in [-0.2, -0.15) is 0 Å². The van der Waals surface area contributed by atoms with Crippen LogP contribution < -0.4 is 24.8 Å². The van der Waals surface area contributed by atoms with E-state index >= 15 is 0 Å². The van der Waals surface area contributed by atoms with Gasteiger partial charge in [-0.1, -0.05) is 18.2 Å². The molecular formula is C36H31N2O3S2+. The van der Waals surface area contributed by atoms with Gasteiger partial charge in [-0.05, 0) is 60.5 Å². The number of carboxylic acid groups (broad SMARTS) is 1. The van der Waals surface area contributed by atoms with Crippen LogP contribution in [0.4, 0.5) is 5.69 Å². The molecule has 0 spiro atoms. The van der Waals surface area contributed by atoms with Crippen LogP contribution in [-0.2, 0) is 11.1 Å². The molecule has 7 heteroatoms. The summed E-state index contributed by atoms with van der Waals surface area (Å²) in [6, 6.07) is 20.4. The van der Waals surface area contributed by atoms with Crippen LogP contribution in [0.2, 0.25) is 0 Å². The summed E-state index contributed by atoms with van der Waals surface area (Å²) in [5, 5.41) is 16.6. The minimum absolute atomic E-state index is 0.175. The van der Waals surface area contributed by atoms with Crippen molar-refractivity contribution in [2.45, 2.75) is 38.8 Å². The molecule has 214 valence electrons. The maximum atomic E-state index is 12.6. The number of carboxylic acids is 1. The topological polar surface area (TPSA) is 52.8 Å². The number of carbonyl (C=O) groups is 1. The zero-order valence-corrected chi connectivity index (χ0v) is 26.5. The lowest BCUT2D eigenvalue weighted by molar-refractivity contribution is 0.0696. The number of hydrogen-bond acceptors (Lipinski definition) is 5. The minimum Gasteiger partial charge on any atom is -0.478 e. The zero-order chi connectivity index (χ0) is 30.0. The summed E-state index contributed by atoms with van der Waals surface area (Å²) < 4.78 is 9.14. The summed E-state index contributed by atoms with van der Waals surface area (Å²) in [6.07, 6.45) is 0. The molecule has 0 saturated carbocycles. The summed E-state index contributed by atoms with van der Waals surface area (Å²) in [7, 11) is 4.28. The van der Waals surface area contributed by atoms with Crippen molar-refractivity contribution < 1.29 is 14.6 Å². The largest absolute Gasteiger partial charge is 0.478 e. The fourth-order valence-electron chi connectivity index (χ4n) is 7.02. The maximum absolute atomic E-state index is 12.6. The minimum atomic E-state index is -0.947. The number of aromatic carboxylic acids is 1. The second-order valence-electron chi connectivity index (χ2n) is 12.6. The summed E-state index contributed by atoms with van der Waals surface area (Å²) >= 11 is 3.56. The van der Waals surface area contributed by atoms with E-state index in [2.05, 4.69) is 98.4 Å². The quantitative estimate of drug-likeness (QED) is 0.212. The average Bonchev–Trinajstić information content (AvgIpc) is 3.68. The highest BCUT2D eigenvalue weighted by Crippen LogP contribution is 2.53. The third-order valence-corrected chi connectivity index (χ3v) is 12.3. The number of hydrogen-bond donors (Lipinski definition) is 1. The summed E-state index contributed by atoms with van der Waals surface area (Å²) in [5.74, 6) is 0.519. The molecule has 2 aromatic heterocycles. The number of ether oxygens (including phenoxy) is 1. The van der Waals surface area contributed by atoms with Crippen LogP contribution in [0.25, 0.3) is 27.8 Å². The lowest BCUT2D eigenvalue weighted by atomic mass is 9.83. The zero-order valence-electron chi connectivity index (χ0n) is 24.9. The van der Waals surface area contributed by atoms with Gasteiger partial charge in [-0.15, -0.1) is 22.7 Å². The fraction of sp³-hybridized carbons (Fsp3) is 0.222. The standard InChI is InChI=1S/C36H30N2O3S2/c1-35(2)32-20(11-13-42-32)23-15-25-29(17-27(23)37(35)5)41-30-18-28-24(21-12-14-43-33(21)36(3,4)38(28)6)16-26(30)31(25)19-9-7-8-10-22(19)34(39)40/h7-18H,1-6H3/p+1. The van der Waals surface area contributed by atoms with Crippen molar-refractivity contribution in [3.05, 3.63) is 108 Å². The van der Waals surface area contributed by atoms with Gasteiger partial charge >= 0.3 is 5.97 Å². The third-order valence-electron chi connectivity index (χ3n) is 9.80. The van der Waals surface area contributed by atoms with Crippen molar-refractivity contribution in [1.29, 1.82) is 0 Å². The van der Waals surface area contributed by atoms with Crippen molar-refractivity contribution in [2.24, 2.45) is 0 Å². The number of nitrogens with zero attached hydrogens (tertiary/aromatic N) is 2. The lowest BCUT2D eigenvalue weighted by Crippen LogP contribution is -2.45. The highest BCUT2D eigenvalue weighted by atomic mass is 32.1. The number of rotatable bonds is 2. The molecule has 0 fully saturated rings. The van der Waals surface area contributed by atoms with E-state index in [9.17, 15) is 9.90 Å². The first-order valence-electron chi connectivity index (χ1n) is 14.4. The Labute approximate surface area is 258 Å². The van der Waals surface area contributed by atoms with Gasteiger partial charge in [0.2, 0.25) is 5.36 Å². The predicted molar refractivity (Wildman–Crippen MR) is 175 cm³/mol. The average molecular weight is 604 g/mol. The predicted octanol–water partition coefficient (Wildman–Crippen LogP) is 7.25. The number of anilines is 1. The van der Waals surface area contributed by atoms with E-state index in [0.717, 1.165) is 50.0 Å². The molecule has 5 heterocycles. The van der Waals surface area contributed by atoms with Crippen LogP contribution in [-0.4, -0.2) is 25.2 Å². The molecule has 3 aliphatic rings. The summed E-state index contributed by atoms with van der Waals surface area (Å²) in [5.41, 5.74) is 8.21. The molecule has 3 aliphatic heterocycles. The van der Waals surface area contributed by atoms with Crippen molar-refractivity contribution in [1.82, 2.24) is 4.58 Å². The van der Waals surface area contributed by atoms with E-state index < -0.39 is 5.97 Å². The Morgan fingerprint density at radius 3 is 2.26 bits per heavy atom. The van der Waals surface area contributed by atoms with Crippen LogP contribution in [0, 0.1) is 0 Å². The number of benzene rings is 3. The maximum Gasteiger partial charge on any atom is 0.336 e. The van der Waals surface area contributed by atoms with E-state index in [4.69, 9.17) is 4.74 Å². The Morgan fingerprint density at radius 1 is 0.814 bits per heavy atom. The first-order valence-corrected chi connectivity index (χ1v) is 16.1. The summed E-state index contributed by atoms with van der Waals surface area (Å²) in [4.78, 5) is 17.5. The third kappa shape index (κ3) is 3.43. The Morgan fingerprint density at radius 2 is 1.51 bits per heavy atom. The molecule has 0 unspecified atom stereocenters. The van der Waals surface area contributed by atoms with Gasteiger partial charge in [0.15, 0.2) is 5.54 Å². The number of thiophene rings is 2. The van der Waals surface area contributed by atoms with Gasteiger partial charge in [-0.25, -0.2) is 9.37 Å². The molecule has 0 saturated heterocycles. The first kappa shape index (κ1) is 26.4. The molecule has 5 nitrogen and oxygen atoms in total. The van der Waals surface area contributed by atoms with Crippen LogP contribution in [0.15, 0.2) is 71.4 Å². The molecule has 5 aromatic rings. The highest BCUT2D eigenvalue weighted by Gasteiger charge is 2.41. The molecule has 43 heavy (non-hydrogen) atoms. The second-order valence-corrected chi connectivity index (χ2v) is 14.5. The summed E-state index contributed by atoms with van der Waals surface area (Å²) in [6.45, 7) is 9.02. The van der Waals surface area contributed by atoms with E-state index in [-0.39, 0.29) is 16.6 Å². The van der Waals surface area contributed by atoms with Crippen molar-refractivity contribution in [3.8, 4) is 33.8 Å². The molecule has 0 amide bonds. The Hall–Kier alpha value is -4.20. The Bertz CT molecular complexity index is 2180. The van der Waals surface area contributed by atoms with Gasteiger partial charge in [0, 0.05) is 70.6 Å². The molecule has 0 atom stereocenters. The van der Waals surface area contributed by atoms with Gasteiger partial charge in [-0.3, -0.25) is 0 Å². The van der Waals surface area contributed by atoms with Crippen LogP contribution in [0.1, 0.15) is 58.9 Å². The second kappa shape index (κ2) is 8.68. The molecule has 0 aliphatic carbocycles. The van der Waals surface area contributed by atoms with Gasteiger partial charge < -0.3 is 14.7 Å². The first-order chi connectivity index (χ1) is 20.5. The van der Waals surface area contributed by atoms with E-state index in [1.54, 1.807) is 34.8 Å². The SMILES string of the molecule is CN1c2cc3c(cc2-c2ccsc2C1(C)C)C(c1ccccc1C(=O)O)=c1cc2c(cc1O3)=[N+](C)C(C)(C)c1sccc1-2. The van der Waals surface area contributed by atoms with Gasteiger partial charge in [0.25, 0.3) is 0 Å². The smallest absolute Gasteiger partial charge is 0.336 e. The van der Waals surface area contributed by atoms with Crippen LogP contribution in [0.5, 0.6) is 11.5 Å². The highest BCUT2D eigenvalue weighted by molar-refractivity contribution is 7.11. The van der Waals surface area contributed by atoms with Crippen molar-refractivity contribution >= 4 is 39.9 Å². The molecule has 0 radical (unpaired) electrons. The molecule has 8 rings (SSSR count). The van der Waals surface area contributed by atoms with Crippen LogP contribution in [0.3, 0.4) is 0 Å². The molecule has 3 aromatic carbocycles. The molecule has 1 N–H and O–H groups in total. The fourth-order valence-corrected chi connectivity index (χ4v) is 9.16. The van der Waals surface area contributed by atoms with Gasteiger partial charge in [0.1, 0.15) is 18.5 Å². The lowest BCUT2D eigenvalue weighted by Gasteiger charge is -2.43. The van der Waals surface area contributed by atoms with Crippen LogP contribution >= 0.6 is 22.7 Å². The van der Waals surface area contributed by atoms with E-state index in [1.807, 2.05) is 12.1 Å². The Kier molecular flexibility index (Phi) is 5.33. The van der Waals surface area contributed by atoms with E-state index in [0.29, 0.717) is 5.56 Å². The molecule has 0 bridgehead atoms.